The van der Waals surface area contributed by atoms with Crippen molar-refractivity contribution in [1.82, 2.24) is 4.98 Å². The van der Waals surface area contributed by atoms with Crippen LogP contribution in [0.5, 0.6) is 5.75 Å². The number of aromatic nitrogens is 1. The van der Waals surface area contributed by atoms with Gasteiger partial charge in [-0.15, -0.1) is 0 Å². The number of pyridine rings is 1. The molecule has 194 valence electrons. The molecule has 0 aliphatic rings. The second-order valence-corrected chi connectivity index (χ2v) is 10.3. The van der Waals surface area contributed by atoms with Crippen molar-refractivity contribution in [2.24, 2.45) is 0 Å². The van der Waals surface area contributed by atoms with Gasteiger partial charge in [-0.3, -0.25) is 4.79 Å². The van der Waals surface area contributed by atoms with Crippen molar-refractivity contribution in [3.63, 3.8) is 0 Å². The van der Waals surface area contributed by atoms with E-state index in [1.165, 1.54) is 11.8 Å². The normalized spacial score (nSPS) is 11.5. The smallest absolute Gasteiger partial charge is 0.316 e. The lowest BCUT2D eigenvalue weighted by Gasteiger charge is -2.17. The summed E-state index contributed by atoms with van der Waals surface area (Å²) in [4.78, 5) is 17.5. The minimum atomic E-state index is -0.357. The average molecular weight is 537 g/mol. The fraction of sp³-hybridized carbons (Fsp3) is 0.345. The summed E-state index contributed by atoms with van der Waals surface area (Å²) in [6.45, 7) is 2.50. The van der Waals surface area contributed by atoms with Crippen LogP contribution in [0.25, 0.3) is 22.4 Å². The maximum Gasteiger partial charge on any atom is 0.316 e. The Morgan fingerprint density at radius 1 is 1.08 bits per heavy atom. The number of hydrogen-bond donors (Lipinski definition) is 0. The maximum absolute atomic E-state index is 12.7. The van der Waals surface area contributed by atoms with Crippen molar-refractivity contribution in [3.8, 4) is 34.2 Å². The van der Waals surface area contributed by atoms with E-state index in [0.29, 0.717) is 28.6 Å². The first-order valence-corrected chi connectivity index (χ1v) is 14.3. The highest BCUT2D eigenvalue weighted by atomic mass is 32.2. The van der Waals surface area contributed by atoms with Gasteiger partial charge < -0.3 is 14.2 Å². The lowest BCUT2D eigenvalue weighted by atomic mass is 9.99. The standard InChI is InChI=1S/C29H32N2O4S2/c1-4-5-15-36-19-24(18-33-2)35-28(32)20-37-29-26(17-30)25(21-9-7-6-8-10-21)16-27(31-29)22-11-13-23(34-3)14-12-22/h6-14,16,24H,4-5,15,18-20H2,1-3H3. The fourth-order valence-corrected chi connectivity index (χ4v) is 5.47. The number of hydrogen-bond acceptors (Lipinski definition) is 8. The molecule has 1 unspecified atom stereocenters. The van der Waals surface area contributed by atoms with E-state index in [9.17, 15) is 10.1 Å². The summed E-state index contributed by atoms with van der Waals surface area (Å²) in [6.07, 6.45) is 1.95. The molecule has 6 nitrogen and oxygen atoms in total. The van der Waals surface area contributed by atoms with E-state index in [0.717, 1.165) is 41.0 Å². The van der Waals surface area contributed by atoms with Crippen molar-refractivity contribution in [1.29, 1.82) is 5.26 Å². The Morgan fingerprint density at radius 2 is 1.84 bits per heavy atom. The number of methoxy groups -OCH3 is 2. The molecule has 0 saturated carbocycles. The molecule has 2 aromatic carbocycles. The van der Waals surface area contributed by atoms with Crippen LogP contribution in [0.15, 0.2) is 65.7 Å². The Hall–Kier alpha value is -2.99. The van der Waals surface area contributed by atoms with Crippen molar-refractivity contribution in [3.05, 3.63) is 66.2 Å². The monoisotopic (exact) mass is 536 g/mol. The van der Waals surface area contributed by atoms with Gasteiger partial charge in [-0.2, -0.15) is 17.0 Å². The molecule has 3 rings (SSSR count). The summed E-state index contributed by atoms with van der Waals surface area (Å²) >= 11 is 2.98. The third kappa shape index (κ3) is 8.53. The van der Waals surface area contributed by atoms with Gasteiger partial charge >= 0.3 is 5.97 Å². The van der Waals surface area contributed by atoms with Gasteiger partial charge in [0, 0.05) is 24.0 Å². The van der Waals surface area contributed by atoms with E-state index >= 15 is 0 Å². The Bertz CT molecular complexity index is 1180. The van der Waals surface area contributed by atoms with E-state index in [4.69, 9.17) is 19.2 Å². The van der Waals surface area contributed by atoms with Crippen LogP contribution in [0.3, 0.4) is 0 Å². The number of esters is 1. The predicted molar refractivity (Wildman–Crippen MR) is 151 cm³/mol. The third-order valence-electron chi connectivity index (χ3n) is 5.49. The fourth-order valence-electron chi connectivity index (χ4n) is 3.60. The molecule has 0 amide bonds. The van der Waals surface area contributed by atoms with Gasteiger partial charge in [0.15, 0.2) is 0 Å². The Kier molecular flexibility index (Phi) is 11.8. The molecular formula is C29H32N2O4S2. The van der Waals surface area contributed by atoms with Gasteiger partial charge in [0.1, 0.15) is 22.9 Å². The molecule has 0 fully saturated rings. The van der Waals surface area contributed by atoms with Gasteiger partial charge in [-0.05, 0) is 48.1 Å². The van der Waals surface area contributed by atoms with Crippen LogP contribution in [-0.2, 0) is 14.3 Å². The largest absolute Gasteiger partial charge is 0.497 e. The number of carbonyl (C=O) groups is 1. The van der Waals surface area contributed by atoms with Crippen LogP contribution in [0.1, 0.15) is 25.3 Å². The minimum Gasteiger partial charge on any atom is -0.497 e. The van der Waals surface area contributed by atoms with Gasteiger partial charge in [0.25, 0.3) is 0 Å². The quantitative estimate of drug-likeness (QED) is 0.132. The molecule has 1 atom stereocenters. The number of ether oxygens (including phenoxy) is 3. The molecule has 0 N–H and O–H groups in total. The van der Waals surface area contributed by atoms with E-state index in [-0.39, 0.29) is 17.8 Å². The Labute approximate surface area is 227 Å². The molecule has 0 saturated heterocycles. The topological polar surface area (TPSA) is 81.4 Å². The van der Waals surface area contributed by atoms with Crippen molar-refractivity contribution in [2.75, 3.05) is 38.1 Å². The van der Waals surface area contributed by atoms with Crippen LogP contribution in [0.4, 0.5) is 0 Å². The molecule has 0 aliphatic carbocycles. The number of rotatable bonds is 14. The molecule has 0 bridgehead atoms. The molecule has 0 spiro atoms. The molecule has 8 heteroatoms. The van der Waals surface area contributed by atoms with Crippen LogP contribution in [-0.4, -0.2) is 55.1 Å². The highest BCUT2D eigenvalue weighted by Crippen LogP contribution is 2.34. The lowest BCUT2D eigenvalue weighted by Crippen LogP contribution is -2.26. The molecular weight excluding hydrogens is 504 g/mol. The van der Waals surface area contributed by atoms with E-state index in [1.807, 2.05) is 60.7 Å². The summed E-state index contributed by atoms with van der Waals surface area (Å²) in [5.41, 5.74) is 3.70. The molecule has 0 radical (unpaired) electrons. The number of unbranched alkanes of at least 4 members (excludes halogenated alkanes) is 1. The zero-order valence-corrected chi connectivity index (χ0v) is 23.1. The maximum atomic E-state index is 12.7. The minimum absolute atomic E-state index is 0.0435. The summed E-state index contributed by atoms with van der Waals surface area (Å²) in [6, 6.07) is 21.5. The SMILES string of the molecule is CCCCSCC(COC)OC(=O)CSc1nc(-c2ccc(OC)cc2)cc(-c2ccccc2)c1C#N. The first-order valence-electron chi connectivity index (χ1n) is 12.1. The zero-order chi connectivity index (χ0) is 26.5. The Morgan fingerprint density at radius 3 is 2.49 bits per heavy atom. The summed E-state index contributed by atoms with van der Waals surface area (Å²) in [5.74, 6) is 2.15. The van der Waals surface area contributed by atoms with E-state index in [2.05, 4.69) is 13.0 Å². The van der Waals surface area contributed by atoms with Crippen LogP contribution >= 0.6 is 23.5 Å². The van der Waals surface area contributed by atoms with Gasteiger partial charge in [0.05, 0.1) is 30.7 Å². The summed E-state index contributed by atoms with van der Waals surface area (Å²) in [5, 5.41) is 10.5. The van der Waals surface area contributed by atoms with Crippen LogP contribution in [0, 0.1) is 11.3 Å². The average Bonchev–Trinajstić information content (AvgIpc) is 2.94. The second kappa shape index (κ2) is 15.3. The Balaban J connectivity index is 1.84. The second-order valence-electron chi connectivity index (χ2n) is 8.23. The van der Waals surface area contributed by atoms with Crippen LogP contribution < -0.4 is 4.74 Å². The third-order valence-corrected chi connectivity index (χ3v) is 7.63. The predicted octanol–water partition coefficient (Wildman–Crippen LogP) is 6.48. The molecule has 0 aliphatic heterocycles. The molecule has 37 heavy (non-hydrogen) atoms. The zero-order valence-electron chi connectivity index (χ0n) is 21.4. The van der Waals surface area contributed by atoms with Gasteiger partial charge in [0.2, 0.25) is 0 Å². The number of nitrogens with zero attached hydrogens (tertiary/aromatic N) is 2. The molecule has 3 aromatic rings. The number of thioether (sulfide) groups is 2. The van der Waals surface area contributed by atoms with Crippen molar-refractivity contribution < 1.29 is 19.0 Å². The van der Waals surface area contributed by atoms with Crippen molar-refractivity contribution >= 4 is 29.5 Å². The molecule has 1 aromatic heterocycles. The van der Waals surface area contributed by atoms with E-state index < -0.39 is 0 Å². The number of benzene rings is 2. The van der Waals surface area contributed by atoms with Gasteiger partial charge in [-0.1, -0.05) is 55.4 Å². The lowest BCUT2D eigenvalue weighted by molar-refractivity contribution is -0.146. The molecule has 1 heterocycles. The van der Waals surface area contributed by atoms with Crippen molar-refractivity contribution in [2.45, 2.75) is 30.9 Å². The first kappa shape index (κ1) is 28.6. The van der Waals surface area contributed by atoms with Crippen LogP contribution in [0.2, 0.25) is 0 Å². The van der Waals surface area contributed by atoms with Gasteiger partial charge in [-0.25, -0.2) is 4.98 Å². The number of nitriles is 1. The highest BCUT2D eigenvalue weighted by molar-refractivity contribution is 8.00. The number of carbonyl (C=O) groups excluding carboxylic acids is 1. The highest BCUT2D eigenvalue weighted by Gasteiger charge is 2.19. The summed E-state index contributed by atoms with van der Waals surface area (Å²) < 4.78 is 16.2. The summed E-state index contributed by atoms with van der Waals surface area (Å²) in [7, 11) is 3.22. The van der Waals surface area contributed by atoms with E-state index in [1.54, 1.807) is 26.0 Å². The first-order chi connectivity index (χ1) is 18.1.